The van der Waals surface area contributed by atoms with Crippen molar-refractivity contribution in [3.63, 3.8) is 0 Å². The molecule has 57 heavy (non-hydrogen) atoms. The lowest BCUT2D eigenvalue weighted by molar-refractivity contribution is -0.127. The molecule has 0 saturated carbocycles. The number of urea groups is 1. The zero-order valence-electron chi connectivity index (χ0n) is 32.6. The molecule has 306 valence electrons. The number of hydrogen-bond donors (Lipinski definition) is 9. The molecule has 2 unspecified atom stereocenters. The van der Waals surface area contributed by atoms with Gasteiger partial charge in [0.1, 0.15) is 12.6 Å². The number of rotatable bonds is 18. The maximum atomic E-state index is 13.5. The summed E-state index contributed by atoms with van der Waals surface area (Å²) in [6, 6.07) is 21.0. The van der Waals surface area contributed by atoms with Crippen LogP contribution in [0.4, 0.5) is 24.9 Å². The second-order valence-corrected chi connectivity index (χ2v) is 15.4. The fraction of sp³-hybridized carbons (Fsp3) is 0.415. The quantitative estimate of drug-likeness (QED) is 0.0787. The molecule has 3 aromatic rings. The third kappa shape index (κ3) is 12.3. The highest BCUT2D eigenvalue weighted by molar-refractivity contribution is 5.97. The van der Waals surface area contributed by atoms with Gasteiger partial charge in [0, 0.05) is 37.7 Å². The van der Waals surface area contributed by atoms with Gasteiger partial charge in [-0.1, -0.05) is 88.4 Å². The SMILES string of the molecule is CC(CNC(=O)OCC1c2ccccc2-c2ccccc21)CC(=O)N[C@@H](CCCNC(N)=O)C(=O)Nc1ccc(CC(CNC(=O)O)(NC(=O)O)C(C)(C)C)cc1. The molecule has 16 nitrogen and oxygen atoms in total. The number of fused-ring (bicyclic) bond motifs is 3. The first kappa shape index (κ1) is 43.4. The second-order valence-electron chi connectivity index (χ2n) is 15.4. The van der Waals surface area contributed by atoms with Crippen LogP contribution < -0.4 is 37.6 Å². The molecule has 3 aromatic carbocycles. The normalized spacial score (nSPS) is 14.0. The van der Waals surface area contributed by atoms with Crippen molar-refractivity contribution in [2.24, 2.45) is 17.1 Å². The van der Waals surface area contributed by atoms with E-state index in [0.29, 0.717) is 17.7 Å². The fourth-order valence-electron chi connectivity index (χ4n) is 6.92. The molecule has 0 radical (unpaired) electrons. The third-order valence-electron chi connectivity index (χ3n) is 10.1. The Morgan fingerprint density at radius 2 is 1.44 bits per heavy atom. The Labute approximate surface area is 331 Å². The molecule has 0 bridgehead atoms. The summed E-state index contributed by atoms with van der Waals surface area (Å²) in [5.74, 6) is -1.33. The Hall–Kier alpha value is -6.32. The summed E-state index contributed by atoms with van der Waals surface area (Å²) in [6.07, 6.45) is -2.56. The minimum absolute atomic E-state index is 0.00168. The van der Waals surface area contributed by atoms with E-state index in [9.17, 15) is 39.0 Å². The highest BCUT2D eigenvalue weighted by Crippen LogP contribution is 2.44. The number of anilines is 1. The molecule has 1 aliphatic rings. The van der Waals surface area contributed by atoms with Gasteiger partial charge in [-0.2, -0.15) is 0 Å². The molecule has 16 heteroatoms. The van der Waals surface area contributed by atoms with Gasteiger partial charge in [-0.25, -0.2) is 19.2 Å². The van der Waals surface area contributed by atoms with Crippen LogP contribution in [0.5, 0.6) is 0 Å². The average molecular weight is 788 g/mol. The van der Waals surface area contributed by atoms with E-state index in [1.165, 1.54) is 0 Å². The van der Waals surface area contributed by atoms with Gasteiger partial charge in [-0.3, -0.25) is 9.59 Å². The zero-order chi connectivity index (χ0) is 41.8. The first-order valence-electron chi connectivity index (χ1n) is 18.8. The summed E-state index contributed by atoms with van der Waals surface area (Å²) in [5, 5.41) is 34.4. The molecule has 10 N–H and O–H groups in total. The lowest BCUT2D eigenvalue weighted by atomic mass is 9.70. The Bertz CT molecular complexity index is 1870. The molecule has 0 fully saturated rings. The van der Waals surface area contributed by atoms with E-state index in [2.05, 4.69) is 44.0 Å². The standard InChI is InChI=1S/C41H53N7O9/c1-25(22-44-39(56)57-23-32-30-12-7-5-10-28(30)29-11-6-8-13-31(29)32)20-34(49)47-33(14-9-19-43-36(42)51)35(50)46-27-17-15-26(16-18-27)21-41(40(2,3)4,48-38(54)55)24-45-37(52)53/h5-8,10-13,15-18,25,32-33,45,48H,9,14,19-24H2,1-4H3,(H,44,56)(H,46,50)(H,47,49)(H,52,53)(H,54,55)(H3,42,43,51)/t25?,33-,41?/m0/s1. The van der Waals surface area contributed by atoms with Gasteiger partial charge in [-0.05, 0) is 70.5 Å². The number of ether oxygens (including phenoxy) is 1. The van der Waals surface area contributed by atoms with E-state index in [0.717, 1.165) is 22.3 Å². The van der Waals surface area contributed by atoms with Gasteiger partial charge in [0.05, 0.1) is 5.54 Å². The van der Waals surface area contributed by atoms with Gasteiger partial charge in [0.25, 0.3) is 0 Å². The zero-order valence-corrected chi connectivity index (χ0v) is 32.6. The van der Waals surface area contributed by atoms with Crippen LogP contribution in [0.3, 0.4) is 0 Å². The molecule has 0 aliphatic heterocycles. The Morgan fingerprint density at radius 3 is 2.00 bits per heavy atom. The van der Waals surface area contributed by atoms with E-state index in [1.54, 1.807) is 52.0 Å². The summed E-state index contributed by atoms with van der Waals surface area (Å²) < 4.78 is 5.61. The van der Waals surface area contributed by atoms with E-state index in [-0.39, 0.29) is 57.3 Å². The summed E-state index contributed by atoms with van der Waals surface area (Å²) in [4.78, 5) is 73.6. The number of alkyl carbamates (subject to hydrolysis) is 1. The number of primary amides is 1. The van der Waals surface area contributed by atoms with Crippen LogP contribution >= 0.6 is 0 Å². The third-order valence-corrected chi connectivity index (χ3v) is 10.1. The van der Waals surface area contributed by atoms with Crippen molar-refractivity contribution in [1.29, 1.82) is 0 Å². The van der Waals surface area contributed by atoms with Crippen molar-refractivity contribution in [1.82, 2.24) is 26.6 Å². The Morgan fingerprint density at radius 1 is 0.825 bits per heavy atom. The smallest absolute Gasteiger partial charge is 0.407 e. The second kappa shape index (κ2) is 19.5. The molecule has 4 rings (SSSR count). The highest BCUT2D eigenvalue weighted by atomic mass is 16.5. The van der Waals surface area contributed by atoms with Crippen LogP contribution in [-0.2, 0) is 20.7 Å². The minimum atomic E-state index is -1.30. The highest BCUT2D eigenvalue weighted by Gasteiger charge is 2.44. The number of nitrogens with one attached hydrogen (secondary N) is 6. The van der Waals surface area contributed by atoms with Gasteiger partial charge < -0.3 is 52.6 Å². The molecular formula is C41H53N7O9. The van der Waals surface area contributed by atoms with E-state index < -0.39 is 53.1 Å². The van der Waals surface area contributed by atoms with Gasteiger partial charge in [0.15, 0.2) is 0 Å². The number of benzene rings is 3. The van der Waals surface area contributed by atoms with Crippen LogP contribution in [0.1, 0.15) is 69.6 Å². The fourth-order valence-corrected chi connectivity index (χ4v) is 6.92. The molecule has 1 aliphatic carbocycles. The van der Waals surface area contributed by atoms with Gasteiger partial charge >= 0.3 is 24.3 Å². The van der Waals surface area contributed by atoms with Crippen molar-refractivity contribution in [2.45, 2.75) is 70.9 Å². The van der Waals surface area contributed by atoms with Crippen molar-refractivity contribution in [3.05, 3.63) is 89.5 Å². The molecule has 3 atom stereocenters. The first-order valence-corrected chi connectivity index (χ1v) is 18.8. The van der Waals surface area contributed by atoms with Crippen molar-refractivity contribution in [2.75, 3.05) is 31.6 Å². The number of amides is 7. The maximum Gasteiger partial charge on any atom is 0.407 e. The number of nitrogens with two attached hydrogens (primary N) is 1. The number of carbonyl (C=O) groups excluding carboxylic acids is 4. The maximum absolute atomic E-state index is 13.5. The molecule has 0 saturated heterocycles. The predicted molar refractivity (Wildman–Crippen MR) is 214 cm³/mol. The van der Waals surface area contributed by atoms with E-state index in [1.807, 2.05) is 36.4 Å². The van der Waals surface area contributed by atoms with Crippen molar-refractivity contribution in [3.8, 4) is 11.1 Å². The molecule has 0 spiro atoms. The van der Waals surface area contributed by atoms with Crippen LogP contribution in [0, 0.1) is 11.3 Å². The van der Waals surface area contributed by atoms with Crippen molar-refractivity contribution < 1.29 is 43.7 Å². The Balaban J connectivity index is 1.32. The van der Waals surface area contributed by atoms with Crippen LogP contribution in [0.15, 0.2) is 72.8 Å². The first-order chi connectivity index (χ1) is 27.0. The van der Waals surface area contributed by atoms with Crippen LogP contribution in [-0.4, -0.2) is 84.2 Å². The molecule has 0 aromatic heterocycles. The lowest BCUT2D eigenvalue weighted by Gasteiger charge is -2.45. The number of hydrogen-bond acceptors (Lipinski definition) is 7. The number of carbonyl (C=O) groups is 6. The predicted octanol–water partition coefficient (Wildman–Crippen LogP) is 4.99. The van der Waals surface area contributed by atoms with E-state index in [4.69, 9.17) is 10.5 Å². The Kier molecular flexibility index (Phi) is 14.9. The summed E-state index contributed by atoms with van der Waals surface area (Å²) in [6.45, 7) is 7.49. The molecular weight excluding hydrogens is 734 g/mol. The number of carboxylic acid groups (broad SMARTS) is 2. The summed E-state index contributed by atoms with van der Waals surface area (Å²) >= 11 is 0. The average Bonchev–Trinajstić information content (AvgIpc) is 3.46. The molecule has 0 heterocycles. The van der Waals surface area contributed by atoms with Crippen molar-refractivity contribution >= 4 is 41.8 Å². The summed E-state index contributed by atoms with van der Waals surface area (Å²) in [7, 11) is 0. The topological polar surface area (TPSA) is 250 Å². The van der Waals surface area contributed by atoms with Crippen LogP contribution in [0.25, 0.3) is 11.1 Å². The summed E-state index contributed by atoms with van der Waals surface area (Å²) in [5.41, 5.74) is 8.76. The lowest BCUT2D eigenvalue weighted by Crippen LogP contribution is -2.64. The van der Waals surface area contributed by atoms with Crippen LogP contribution in [0.2, 0.25) is 0 Å². The monoisotopic (exact) mass is 787 g/mol. The van der Waals surface area contributed by atoms with Gasteiger partial charge in [-0.15, -0.1) is 0 Å². The minimum Gasteiger partial charge on any atom is -0.465 e. The molecule has 7 amide bonds. The van der Waals surface area contributed by atoms with Gasteiger partial charge in [0.2, 0.25) is 11.8 Å². The van der Waals surface area contributed by atoms with E-state index >= 15 is 0 Å². The largest absolute Gasteiger partial charge is 0.465 e.